The minimum absolute atomic E-state index is 0.881. The molecule has 0 bridgehead atoms. The molecule has 1 fully saturated rings. The maximum absolute atomic E-state index is 5.25. The number of nitrogens with zero attached hydrogens (tertiary/aromatic N) is 1. The van der Waals surface area contributed by atoms with Crippen LogP contribution in [0.25, 0.3) is 16.3 Å². The van der Waals surface area contributed by atoms with E-state index in [0.29, 0.717) is 0 Å². The van der Waals surface area contributed by atoms with E-state index < -0.39 is 0 Å². The van der Waals surface area contributed by atoms with Gasteiger partial charge in [0.05, 0.1) is 17.3 Å². The van der Waals surface area contributed by atoms with Crippen molar-refractivity contribution in [2.24, 2.45) is 0 Å². The number of ether oxygens (including phenoxy) is 1. The fourth-order valence-electron chi connectivity index (χ4n) is 2.62. The highest BCUT2D eigenvalue weighted by atomic mass is 32.1. The molecule has 1 aliphatic carbocycles. The Balaban J connectivity index is 1.90. The summed E-state index contributed by atoms with van der Waals surface area (Å²) in [5, 5.41) is 1.14. The Morgan fingerprint density at radius 3 is 2.68 bits per heavy atom. The van der Waals surface area contributed by atoms with Crippen LogP contribution in [0.3, 0.4) is 0 Å². The zero-order valence-electron chi connectivity index (χ0n) is 11.3. The van der Waals surface area contributed by atoms with Gasteiger partial charge in [0.1, 0.15) is 10.8 Å². The van der Waals surface area contributed by atoms with E-state index in [1.165, 1.54) is 43.2 Å². The van der Waals surface area contributed by atoms with Gasteiger partial charge in [0.2, 0.25) is 0 Å². The van der Waals surface area contributed by atoms with Crippen LogP contribution in [0.1, 0.15) is 43.5 Å². The summed E-state index contributed by atoms with van der Waals surface area (Å²) in [6.45, 7) is 0. The second kappa shape index (κ2) is 5.74. The van der Waals surface area contributed by atoms with Crippen LogP contribution in [0.15, 0.2) is 23.8 Å². The number of fused-ring (bicyclic) bond motifs is 1. The first kappa shape index (κ1) is 12.7. The molecule has 3 heteroatoms. The van der Waals surface area contributed by atoms with Crippen molar-refractivity contribution in [3.8, 4) is 5.75 Å². The third kappa shape index (κ3) is 2.98. The zero-order chi connectivity index (χ0) is 13.1. The van der Waals surface area contributed by atoms with Crippen molar-refractivity contribution in [3.63, 3.8) is 0 Å². The summed E-state index contributed by atoms with van der Waals surface area (Å²) in [4.78, 5) is 4.71. The quantitative estimate of drug-likeness (QED) is 0.715. The number of benzene rings is 1. The van der Waals surface area contributed by atoms with Crippen molar-refractivity contribution in [1.82, 2.24) is 4.98 Å². The molecule has 2 aromatic rings. The van der Waals surface area contributed by atoms with Gasteiger partial charge in [0.15, 0.2) is 0 Å². The van der Waals surface area contributed by atoms with E-state index >= 15 is 0 Å². The van der Waals surface area contributed by atoms with Gasteiger partial charge in [-0.3, -0.25) is 0 Å². The van der Waals surface area contributed by atoms with Gasteiger partial charge < -0.3 is 4.74 Å². The zero-order valence-corrected chi connectivity index (χ0v) is 12.1. The smallest absolute Gasteiger partial charge is 0.121 e. The number of thiazole rings is 1. The number of hydrogen-bond acceptors (Lipinski definition) is 3. The lowest BCUT2D eigenvalue weighted by molar-refractivity contribution is 0.415. The predicted octanol–water partition coefficient (Wildman–Crippen LogP) is 5.04. The van der Waals surface area contributed by atoms with Gasteiger partial charge in [-0.1, -0.05) is 18.4 Å². The highest BCUT2D eigenvalue weighted by Crippen LogP contribution is 2.29. The summed E-state index contributed by atoms with van der Waals surface area (Å²) in [6.07, 6.45) is 10.2. The molecule has 0 spiro atoms. The second-order valence-corrected chi connectivity index (χ2v) is 6.16. The van der Waals surface area contributed by atoms with E-state index in [4.69, 9.17) is 9.72 Å². The third-order valence-electron chi connectivity index (χ3n) is 3.68. The Labute approximate surface area is 118 Å². The molecule has 0 unspecified atom stereocenters. The molecule has 1 saturated carbocycles. The van der Waals surface area contributed by atoms with Gasteiger partial charge in [-0.2, -0.15) is 0 Å². The van der Waals surface area contributed by atoms with Crippen molar-refractivity contribution < 1.29 is 4.74 Å². The Kier molecular flexibility index (Phi) is 3.83. The number of aromatic nitrogens is 1. The average molecular weight is 273 g/mol. The van der Waals surface area contributed by atoms with Crippen molar-refractivity contribution in [2.45, 2.75) is 38.5 Å². The van der Waals surface area contributed by atoms with Crippen molar-refractivity contribution in [3.05, 3.63) is 28.8 Å². The first-order chi connectivity index (χ1) is 9.35. The number of hydrogen-bond donors (Lipinski definition) is 0. The van der Waals surface area contributed by atoms with E-state index in [2.05, 4.69) is 12.1 Å². The Hall–Kier alpha value is -1.35. The van der Waals surface area contributed by atoms with Gasteiger partial charge in [-0.15, -0.1) is 11.3 Å². The summed E-state index contributed by atoms with van der Waals surface area (Å²) in [7, 11) is 1.70. The fraction of sp³-hybridized carbons (Fsp3) is 0.438. The van der Waals surface area contributed by atoms with Crippen LogP contribution in [0.5, 0.6) is 5.75 Å². The molecular formula is C16H19NOS. The maximum Gasteiger partial charge on any atom is 0.121 e. The molecule has 100 valence electrons. The summed E-state index contributed by atoms with van der Waals surface area (Å²) in [5.41, 5.74) is 2.62. The first-order valence-corrected chi connectivity index (χ1v) is 7.81. The molecule has 0 N–H and O–H groups in total. The molecule has 0 saturated heterocycles. The third-order valence-corrected chi connectivity index (χ3v) is 4.67. The van der Waals surface area contributed by atoms with E-state index in [1.54, 1.807) is 24.0 Å². The number of methoxy groups -OCH3 is 1. The summed E-state index contributed by atoms with van der Waals surface area (Å²) in [6, 6.07) is 6.12. The lowest BCUT2D eigenvalue weighted by Crippen LogP contribution is -1.82. The molecule has 1 heterocycles. The van der Waals surface area contributed by atoms with Gasteiger partial charge in [-0.25, -0.2) is 4.98 Å². The fourth-order valence-corrected chi connectivity index (χ4v) is 3.56. The average Bonchev–Trinajstić information content (AvgIpc) is 2.64. The molecule has 0 aliphatic heterocycles. The molecule has 0 radical (unpaired) electrons. The standard InChI is InChI=1S/C16H19NOS/c1-18-13-8-9-15-14(11-13)17-16(19-15)10-12-6-4-2-3-5-7-12/h8-11H,2-7H2,1H3. The van der Waals surface area contributed by atoms with Crippen LogP contribution in [0.4, 0.5) is 0 Å². The normalized spacial score (nSPS) is 16.4. The second-order valence-electron chi connectivity index (χ2n) is 5.10. The van der Waals surface area contributed by atoms with Gasteiger partial charge in [0.25, 0.3) is 0 Å². The highest BCUT2D eigenvalue weighted by molar-refractivity contribution is 7.19. The van der Waals surface area contributed by atoms with Crippen LogP contribution >= 0.6 is 11.3 Å². The Morgan fingerprint density at radius 1 is 1.16 bits per heavy atom. The highest BCUT2D eigenvalue weighted by Gasteiger charge is 2.07. The molecule has 3 rings (SSSR count). The van der Waals surface area contributed by atoms with E-state index in [1.807, 2.05) is 12.1 Å². The van der Waals surface area contributed by atoms with E-state index in [9.17, 15) is 0 Å². The van der Waals surface area contributed by atoms with Crippen molar-refractivity contribution >= 4 is 27.6 Å². The van der Waals surface area contributed by atoms with Crippen molar-refractivity contribution in [2.75, 3.05) is 7.11 Å². The largest absolute Gasteiger partial charge is 0.497 e. The molecule has 1 aliphatic rings. The molecular weight excluding hydrogens is 254 g/mol. The van der Waals surface area contributed by atoms with Crippen LogP contribution in [-0.4, -0.2) is 12.1 Å². The number of allylic oxidation sites excluding steroid dienone is 1. The van der Waals surface area contributed by atoms with Crippen LogP contribution < -0.4 is 4.74 Å². The van der Waals surface area contributed by atoms with Gasteiger partial charge in [-0.05, 0) is 43.9 Å². The van der Waals surface area contributed by atoms with Crippen molar-refractivity contribution in [1.29, 1.82) is 0 Å². The molecule has 2 nitrogen and oxygen atoms in total. The van der Waals surface area contributed by atoms with Crippen LogP contribution in [0.2, 0.25) is 0 Å². The lowest BCUT2D eigenvalue weighted by atomic mass is 10.1. The van der Waals surface area contributed by atoms with E-state index in [-0.39, 0.29) is 0 Å². The minimum atomic E-state index is 0.881. The Bertz CT molecular complexity index is 590. The summed E-state index contributed by atoms with van der Waals surface area (Å²) in [5.74, 6) is 0.881. The molecule has 19 heavy (non-hydrogen) atoms. The SMILES string of the molecule is COc1ccc2sc(C=C3CCCCCC3)nc2c1. The Morgan fingerprint density at radius 2 is 1.95 bits per heavy atom. The first-order valence-electron chi connectivity index (χ1n) is 6.99. The lowest BCUT2D eigenvalue weighted by Gasteiger charge is -1.99. The molecule has 1 aromatic carbocycles. The minimum Gasteiger partial charge on any atom is -0.497 e. The van der Waals surface area contributed by atoms with Crippen LogP contribution in [-0.2, 0) is 0 Å². The monoisotopic (exact) mass is 273 g/mol. The molecule has 1 aromatic heterocycles. The molecule has 0 atom stereocenters. The topological polar surface area (TPSA) is 22.1 Å². The predicted molar refractivity (Wildman–Crippen MR) is 81.9 cm³/mol. The summed E-state index contributed by atoms with van der Waals surface area (Å²) >= 11 is 1.77. The number of rotatable bonds is 2. The van der Waals surface area contributed by atoms with Gasteiger partial charge in [0, 0.05) is 6.07 Å². The van der Waals surface area contributed by atoms with Crippen LogP contribution in [0, 0.1) is 0 Å². The molecule has 0 amide bonds. The van der Waals surface area contributed by atoms with Gasteiger partial charge >= 0.3 is 0 Å². The summed E-state index contributed by atoms with van der Waals surface area (Å²) < 4.78 is 6.48. The maximum atomic E-state index is 5.25. The van der Waals surface area contributed by atoms with E-state index in [0.717, 1.165) is 16.3 Å².